The molecule has 212 valence electrons. The zero-order valence-corrected chi connectivity index (χ0v) is 29.6. The van der Waals surface area contributed by atoms with Crippen LogP contribution >= 0.6 is 11.3 Å². The van der Waals surface area contributed by atoms with Crippen LogP contribution in [0.5, 0.6) is 0 Å². The second-order valence-electron chi connectivity index (χ2n) is 12.7. The molecule has 0 nitrogen and oxygen atoms in total. The maximum Gasteiger partial charge on any atom is -0.0501 e. The Morgan fingerprint density at radius 2 is 1.45 bits per heavy atom. The summed E-state index contributed by atoms with van der Waals surface area (Å²) in [5.41, 5.74) is 11.4. The Labute approximate surface area is 274 Å². The molecule has 1 heterocycles. The van der Waals surface area contributed by atoms with Crippen molar-refractivity contribution in [3.63, 3.8) is 0 Å². The van der Waals surface area contributed by atoms with Gasteiger partial charge in [0, 0.05) is 0 Å². The molecule has 4 aromatic rings. The second-order valence-corrected chi connectivity index (χ2v) is 15.2. The zero-order valence-electron chi connectivity index (χ0n) is 24.8. The maximum atomic E-state index is 3.67. The van der Waals surface area contributed by atoms with Gasteiger partial charge in [0.2, 0.25) is 0 Å². The summed E-state index contributed by atoms with van der Waals surface area (Å²) in [6, 6.07) is 25.7. The number of thiophene rings is 1. The van der Waals surface area contributed by atoms with Crippen LogP contribution in [0.25, 0.3) is 22.3 Å². The summed E-state index contributed by atoms with van der Waals surface area (Å²) >= 11 is 3.43. The average Bonchev–Trinajstić information content (AvgIpc) is 3.64. The summed E-state index contributed by atoms with van der Waals surface area (Å²) in [5, 5.41) is 4.26. The minimum Gasteiger partial charge on any atom is -0.201 e. The van der Waals surface area contributed by atoms with Gasteiger partial charge in [0.05, 0.1) is 0 Å². The molecular weight excluding hydrogens is 627 g/mol. The fourth-order valence-electron chi connectivity index (χ4n) is 5.00. The van der Waals surface area contributed by atoms with E-state index in [1.165, 1.54) is 76.6 Å². The normalized spacial score (nSPS) is 13.8. The SMILES string of the molecule is CC(C)(C)c1[c-]c2c(cc1)-c1ccc(C(C)(C)C)cc1C2.[Cl-].[Cl-].[Zr+2]=[C]1CCCCC1.c1cc[c-](-c2ccsc2)c1. The third-order valence-corrected chi connectivity index (χ3v) is 9.35. The van der Waals surface area contributed by atoms with Gasteiger partial charge >= 0.3 is 59.5 Å². The van der Waals surface area contributed by atoms with Crippen molar-refractivity contribution in [2.24, 2.45) is 0 Å². The molecule has 2 aliphatic carbocycles. The molecule has 0 N–H and O–H groups in total. The first-order chi connectivity index (χ1) is 18.0. The molecule has 2 aliphatic rings. The molecule has 0 bridgehead atoms. The van der Waals surface area contributed by atoms with E-state index in [9.17, 15) is 0 Å². The van der Waals surface area contributed by atoms with Crippen LogP contribution in [-0.2, 0) is 41.5 Å². The predicted octanol–water partition coefficient (Wildman–Crippen LogP) is 4.46. The first-order valence-electron chi connectivity index (χ1n) is 14.0. The van der Waals surface area contributed by atoms with Crippen molar-refractivity contribution >= 4 is 14.5 Å². The van der Waals surface area contributed by atoms with Crippen molar-refractivity contribution in [3.05, 3.63) is 99.7 Å². The van der Waals surface area contributed by atoms with E-state index in [0.717, 1.165) is 6.42 Å². The number of benzene rings is 2. The number of hydrogen-bond acceptors (Lipinski definition) is 1. The molecule has 0 spiro atoms. The van der Waals surface area contributed by atoms with Crippen LogP contribution in [0.1, 0.15) is 95.9 Å². The van der Waals surface area contributed by atoms with Gasteiger partial charge < -0.3 is 24.8 Å². The monoisotopic (exact) mass is 666 g/mol. The molecule has 3 aromatic carbocycles. The molecule has 40 heavy (non-hydrogen) atoms. The Balaban J connectivity index is 0.000000245. The van der Waals surface area contributed by atoms with Crippen LogP contribution < -0.4 is 24.8 Å². The summed E-state index contributed by atoms with van der Waals surface area (Å²) in [6.45, 7) is 13.6. The molecule has 1 fully saturated rings. The van der Waals surface area contributed by atoms with Gasteiger partial charge in [-0.15, -0.1) is 34.9 Å². The smallest absolute Gasteiger partial charge is 0.0501 e. The summed E-state index contributed by atoms with van der Waals surface area (Å²) < 4.78 is 1.80. The predicted molar refractivity (Wildman–Crippen MR) is 164 cm³/mol. The molecule has 6 rings (SSSR count). The number of halogens is 2. The fourth-order valence-corrected chi connectivity index (χ4v) is 6.54. The van der Waals surface area contributed by atoms with Gasteiger partial charge in [-0.2, -0.15) is 35.9 Å². The molecule has 0 radical (unpaired) electrons. The zero-order chi connectivity index (χ0) is 27.3. The van der Waals surface area contributed by atoms with Gasteiger partial charge in [-0.05, 0) is 28.4 Å². The average molecular weight is 669 g/mol. The molecule has 0 saturated heterocycles. The van der Waals surface area contributed by atoms with Crippen LogP contribution in [0.4, 0.5) is 0 Å². The van der Waals surface area contributed by atoms with Crippen LogP contribution in [0, 0.1) is 6.07 Å². The largest absolute Gasteiger partial charge is 0.201 e. The van der Waals surface area contributed by atoms with Gasteiger partial charge in [0.15, 0.2) is 0 Å². The third kappa shape index (κ3) is 9.42. The summed E-state index contributed by atoms with van der Waals surface area (Å²) in [4.78, 5) is 0. The van der Waals surface area contributed by atoms with Gasteiger partial charge in [-0.25, -0.2) is 11.3 Å². The minimum absolute atomic E-state index is 0. The van der Waals surface area contributed by atoms with Gasteiger partial charge in [-0.3, -0.25) is 0 Å². The van der Waals surface area contributed by atoms with Crippen molar-refractivity contribution in [2.75, 3.05) is 0 Å². The molecule has 4 heteroatoms. The van der Waals surface area contributed by atoms with Crippen LogP contribution in [0.3, 0.4) is 0 Å². The van der Waals surface area contributed by atoms with Gasteiger partial charge in [0.1, 0.15) is 0 Å². The van der Waals surface area contributed by atoms with Crippen LogP contribution in [0.2, 0.25) is 0 Å². The van der Waals surface area contributed by atoms with Crippen molar-refractivity contribution in [3.8, 4) is 22.3 Å². The number of hydrogen-bond donors (Lipinski definition) is 0. The van der Waals surface area contributed by atoms with E-state index in [0.29, 0.717) is 0 Å². The molecule has 0 aliphatic heterocycles. The van der Waals surface area contributed by atoms with E-state index in [2.05, 4.69) is 119 Å². The van der Waals surface area contributed by atoms with Gasteiger partial charge in [-0.1, -0.05) is 81.6 Å². The Bertz CT molecular complexity index is 1230. The van der Waals surface area contributed by atoms with Crippen molar-refractivity contribution < 1.29 is 49.0 Å². The standard InChI is InChI=1S/C21H25.C9H7S.C6H10.2ClH.Zr/c1-20(2,3)16-7-9-18-14(12-16)11-15-13-17(21(4,5)6)8-10-19(15)18;1-2-4-8(3-1)9-5-6-10-7-9;1-2-4-6-5-3-1;;;/h7-10,12H,11H2,1-6H3;1-7H;1-5H2;2*1H;/q2*-1;;;;+2/p-2. The molecule has 0 unspecified atom stereocenters. The Hall–Kier alpha value is -1.18. The maximum absolute atomic E-state index is 3.67. The summed E-state index contributed by atoms with van der Waals surface area (Å²) in [7, 11) is 0. The van der Waals surface area contributed by atoms with E-state index >= 15 is 0 Å². The first kappa shape index (κ1) is 35.0. The second kappa shape index (κ2) is 15.3. The Morgan fingerprint density at radius 1 is 0.800 bits per heavy atom. The van der Waals surface area contributed by atoms with E-state index in [1.807, 2.05) is 0 Å². The topological polar surface area (TPSA) is 0 Å². The van der Waals surface area contributed by atoms with Gasteiger partial charge in [0.25, 0.3) is 0 Å². The molecule has 0 atom stereocenters. The molecule has 0 amide bonds. The molecule has 1 saturated carbocycles. The summed E-state index contributed by atoms with van der Waals surface area (Å²) in [5.74, 6) is 0. The molecule has 1 aromatic heterocycles. The fraction of sp³-hybridized carbons (Fsp3) is 0.389. The number of fused-ring (bicyclic) bond motifs is 3. The Morgan fingerprint density at radius 3 is 1.98 bits per heavy atom. The molecular formula is C36H42Cl2SZr-2. The van der Waals surface area contributed by atoms with Crippen LogP contribution in [-0.4, -0.2) is 3.21 Å². The third-order valence-electron chi connectivity index (χ3n) is 7.44. The quantitative estimate of drug-likeness (QED) is 0.232. The van der Waals surface area contributed by atoms with E-state index < -0.39 is 0 Å². The van der Waals surface area contributed by atoms with Crippen molar-refractivity contribution in [1.82, 2.24) is 0 Å². The summed E-state index contributed by atoms with van der Waals surface area (Å²) in [6.07, 6.45) is 8.34. The van der Waals surface area contributed by atoms with E-state index in [-0.39, 0.29) is 35.6 Å². The minimum atomic E-state index is 0. The van der Waals surface area contributed by atoms with Crippen molar-refractivity contribution in [2.45, 2.75) is 90.9 Å². The van der Waals surface area contributed by atoms with E-state index in [4.69, 9.17) is 0 Å². The van der Waals surface area contributed by atoms with E-state index in [1.54, 1.807) is 38.8 Å². The number of rotatable bonds is 1. The first-order valence-corrected chi connectivity index (χ1v) is 16.2. The van der Waals surface area contributed by atoms with Crippen molar-refractivity contribution in [1.29, 1.82) is 0 Å². The van der Waals surface area contributed by atoms with Crippen LogP contribution in [0.15, 0.2) is 71.4 Å². The Kier molecular flexibility index (Phi) is 13.4.